The largest absolute Gasteiger partial charge is 0.394 e. The zero-order valence-electron chi connectivity index (χ0n) is 16.5. The SMILES string of the molecule is O=C1c2ccccc2C(=O)N1CCOCCOCCOCCOCCOCCO. The summed E-state index contributed by atoms with van der Waals surface area (Å²) < 4.78 is 26.5. The summed E-state index contributed by atoms with van der Waals surface area (Å²) in [6.45, 7) is 4.39. The van der Waals surface area contributed by atoms with Gasteiger partial charge >= 0.3 is 0 Å². The van der Waals surface area contributed by atoms with Gasteiger partial charge in [-0.1, -0.05) is 12.1 Å². The number of nitrogens with zero attached hydrogens (tertiary/aromatic N) is 1. The number of amides is 2. The van der Waals surface area contributed by atoms with Gasteiger partial charge in [0, 0.05) is 0 Å². The Hall–Kier alpha value is -1.88. The van der Waals surface area contributed by atoms with E-state index in [1.54, 1.807) is 24.3 Å². The van der Waals surface area contributed by atoms with Crippen LogP contribution in [0.15, 0.2) is 24.3 Å². The van der Waals surface area contributed by atoms with E-state index in [0.717, 1.165) is 0 Å². The maximum Gasteiger partial charge on any atom is 0.261 e. The number of rotatable bonds is 17. The van der Waals surface area contributed by atoms with Crippen LogP contribution >= 0.6 is 0 Å². The number of aliphatic hydroxyl groups excluding tert-OH is 1. The molecule has 0 aromatic heterocycles. The fourth-order valence-corrected chi connectivity index (χ4v) is 2.64. The maximum absolute atomic E-state index is 12.2. The van der Waals surface area contributed by atoms with E-state index in [2.05, 4.69) is 0 Å². The van der Waals surface area contributed by atoms with Crippen LogP contribution in [-0.2, 0) is 23.7 Å². The molecule has 2 rings (SSSR count). The highest BCUT2D eigenvalue weighted by Gasteiger charge is 2.34. The average molecular weight is 411 g/mol. The summed E-state index contributed by atoms with van der Waals surface area (Å²) in [5.74, 6) is -0.548. The van der Waals surface area contributed by atoms with Gasteiger partial charge in [0.15, 0.2) is 0 Å². The predicted molar refractivity (Wildman–Crippen MR) is 103 cm³/mol. The number of hydrogen-bond donors (Lipinski definition) is 1. The smallest absolute Gasteiger partial charge is 0.261 e. The van der Waals surface area contributed by atoms with Gasteiger partial charge in [0.2, 0.25) is 0 Å². The fourth-order valence-electron chi connectivity index (χ4n) is 2.64. The summed E-state index contributed by atoms with van der Waals surface area (Å²) in [5.41, 5.74) is 0.891. The normalized spacial score (nSPS) is 13.3. The minimum absolute atomic E-state index is 0.0146. The minimum Gasteiger partial charge on any atom is -0.394 e. The lowest BCUT2D eigenvalue weighted by atomic mass is 10.1. The van der Waals surface area contributed by atoms with Crippen molar-refractivity contribution in [2.24, 2.45) is 0 Å². The number of hydrogen-bond acceptors (Lipinski definition) is 8. The third-order valence-corrected chi connectivity index (χ3v) is 4.06. The number of imide groups is 1. The standard InChI is InChI=1S/C20H29NO8/c22-6-8-26-10-12-28-14-16-29-15-13-27-11-9-25-7-5-21-19(23)17-3-1-2-4-18(17)20(21)24/h1-4,22H,5-16H2. The molecule has 0 spiro atoms. The molecule has 0 aliphatic carbocycles. The van der Waals surface area contributed by atoms with E-state index in [1.807, 2.05) is 0 Å². The number of carbonyl (C=O) groups is 2. The number of fused-ring (bicyclic) bond motifs is 1. The zero-order chi connectivity index (χ0) is 20.7. The van der Waals surface area contributed by atoms with Crippen molar-refractivity contribution in [1.29, 1.82) is 0 Å². The molecule has 9 heteroatoms. The van der Waals surface area contributed by atoms with Crippen molar-refractivity contribution in [3.63, 3.8) is 0 Å². The Morgan fingerprint density at radius 3 is 1.41 bits per heavy atom. The Morgan fingerprint density at radius 1 is 0.621 bits per heavy atom. The monoisotopic (exact) mass is 411 g/mol. The lowest BCUT2D eigenvalue weighted by Crippen LogP contribution is -2.33. The molecule has 0 saturated carbocycles. The summed E-state index contributed by atoms with van der Waals surface area (Å²) in [4.78, 5) is 25.6. The first kappa shape index (κ1) is 23.4. The first-order valence-corrected chi connectivity index (χ1v) is 9.70. The van der Waals surface area contributed by atoms with Crippen LogP contribution in [0.25, 0.3) is 0 Å². The molecule has 0 radical (unpaired) electrons. The van der Waals surface area contributed by atoms with E-state index in [-0.39, 0.29) is 31.6 Å². The Morgan fingerprint density at radius 2 is 1.00 bits per heavy atom. The van der Waals surface area contributed by atoms with Gasteiger partial charge in [-0.25, -0.2) is 0 Å². The van der Waals surface area contributed by atoms with Crippen LogP contribution in [0, 0.1) is 0 Å². The summed E-state index contributed by atoms with van der Waals surface area (Å²) in [5, 5.41) is 8.53. The second kappa shape index (κ2) is 14.2. The number of ether oxygens (including phenoxy) is 5. The minimum atomic E-state index is -0.274. The van der Waals surface area contributed by atoms with Crippen LogP contribution in [-0.4, -0.2) is 101 Å². The van der Waals surface area contributed by atoms with Crippen LogP contribution in [0.2, 0.25) is 0 Å². The first-order chi connectivity index (χ1) is 14.3. The molecular weight excluding hydrogens is 382 g/mol. The summed E-state index contributed by atoms with van der Waals surface area (Å²) >= 11 is 0. The van der Waals surface area contributed by atoms with E-state index >= 15 is 0 Å². The number of aliphatic hydroxyl groups is 1. The second-order valence-electron chi connectivity index (χ2n) is 6.09. The Bertz CT molecular complexity index is 589. The van der Waals surface area contributed by atoms with E-state index in [4.69, 9.17) is 28.8 Å². The highest BCUT2D eigenvalue weighted by molar-refractivity contribution is 6.21. The van der Waals surface area contributed by atoms with Gasteiger partial charge in [0.1, 0.15) is 0 Å². The van der Waals surface area contributed by atoms with Gasteiger partial charge < -0.3 is 28.8 Å². The van der Waals surface area contributed by atoms with Crippen molar-refractivity contribution < 1.29 is 38.4 Å². The van der Waals surface area contributed by atoms with Gasteiger partial charge in [-0.05, 0) is 12.1 Å². The lowest BCUT2D eigenvalue weighted by Gasteiger charge is -2.13. The van der Waals surface area contributed by atoms with Crippen molar-refractivity contribution in [1.82, 2.24) is 4.90 Å². The highest BCUT2D eigenvalue weighted by atomic mass is 16.6. The fraction of sp³-hybridized carbons (Fsp3) is 0.600. The van der Waals surface area contributed by atoms with Crippen LogP contribution in [0.1, 0.15) is 20.7 Å². The summed E-state index contributed by atoms with van der Waals surface area (Å²) in [6, 6.07) is 6.81. The molecule has 162 valence electrons. The molecule has 29 heavy (non-hydrogen) atoms. The average Bonchev–Trinajstić information content (AvgIpc) is 2.98. The summed E-state index contributed by atoms with van der Waals surface area (Å²) in [7, 11) is 0. The van der Waals surface area contributed by atoms with Crippen molar-refractivity contribution in [3.8, 4) is 0 Å². The quantitative estimate of drug-likeness (QED) is 0.289. The van der Waals surface area contributed by atoms with Gasteiger partial charge in [0.05, 0.1) is 90.3 Å². The molecule has 1 aliphatic heterocycles. The molecule has 0 atom stereocenters. The van der Waals surface area contributed by atoms with E-state index < -0.39 is 0 Å². The van der Waals surface area contributed by atoms with Gasteiger partial charge in [-0.3, -0.25) is 14.5 Å². The Balaban J connectivity index is 1.37. The Kier molecular flexibility index (Phi) is 11.4. The van der Waals surface area contributed by atoms with Crippen molar-refractivity contribution in [3.05, 3.63) is 35.4 Å². The van der Waals surface area contributed by atoms with Crippen molar-refractivity contribution in [2.45, 2.75) is 0 Å². The molecule has 9 nitrogen and oxygen atoms in total. The van der Waals surface area contributed by atoms with Crippen LogP contribution in [0.4, 0.5) is 0 Å². The molecule has 1 N–H and O–H groups in total. The maximum atomic E-state index is 12.2. The van der Waals surface area contributed by atoms with Gasteiger partial charge in [-0.2, -0.15) is 0 Å². The number of carbonyl (C=O) groups excluding carboxylic acids is 2. The van der Waals surface area contributed by atoms with Gasteiger partial charge in [-0.15, -0.1) is 0 Å². The third-order valence-electron chi connectivity index (χ3n) is 4.06. The second-order valence-corrected chi connectivity index (χ2v) is 6.09. The molecule has 0 fully saturated rings. The van der Waals surface area contributed by atoms with Crippen LogP contribution < -0.4 is 0 Å². The summed E-state index contributed by atoms with van der Waals surface area (Å²) in [6.07, 6.45) is 0. The molecule has 0 bridgehead atoms. The lowest BCUT2D eigenvalue weighted by molar-refractivity contribution is -0.0138. The van der Waals surface area contributed by atoms with E-state index in [9.17, 15) is 9.59 Å². The Labute approximate surface area is 170 Å². The molecule has 0 unspecified atom stereocenters. The topological polar surface area (TPSA) is 104 Å². The van der Waals surface area contributed by atoms with Crippen LogP contribution in [0.5, 0.6) is 0 Å². The molecule has 1 aromatic carbocycles. The molecular formula is C20H29NO8. The third kappa shape index (κ3) is 8.17. The molecule has 1 aromatic rings. The first-order valence-electron chi connectivity index (χ1n) is 9.70. The van der Waals surface area contributed by atoms with Crippen molar-refractivity contribution >= 4 is 11.8 Å². The molecule has 2 amide bonds. The van der Waals surface area contributed by atoms with Gasteiger partial charge in [0.25, 0.3) is 11.8 Å². The molecule has 1 aliphatic rings. The molecule has 0 saturated heterocycles. The van der Waals surface area contributed by atoms with E-state index in [0.29, 0.717) is 70.6 Å². The zero-order valence-corrected chi connectivity index (χ0v) is 16.5. The van der Waals surface area contributed by atoms with Crippen LogP contribution in [0.3, 0.4) is 0 Å². The highest BCUT2D eigenvalue weighted by Crippen LogP contribution is 2.21. The van der Waals surface area contributed by atoms with Crippen molar-refractivity contribution in [2.75, 3.05) is 79.2 Å². The molecule has 1 heterocycles. The predicted octanol–water partition coefficient (Wildman–Crippen LogP) is 0.358. The van der Waals surface area contributed by atoms with E-state index in [1.165, 1.54) is 4.90 Å². The number of benzene rings is 1.